The predicted octanol–water partition coefficient (Wildman–Crippen LogP) is 4.32. The van der Waals surface area contributed by atoms with Gasteiger partial charge in [0.25, 0.3) is 5.91 Å². The van der Waals surface area contributed by atoms with Crippen molar-refractivity contribution in [3.05, 3.63) is 65.2 Å². The first-order chi connectivity index (χ1) is 13.6. The molecular formula is C24H30N2O2. The maximum absolute atomic E-state index is 12.7. The van der Waals surface area contributed by atoms with Crippen molar-refractivity contribution in [2.45, 2.75) is 63.7 Å². The van der Waals surface area contributed by atoms with E-state index in [1.807, 2.05) is 43.3 Å². The molecule has 2 heterocycles. The summed E-state index contributed by atoms with van der Waals surface area (Å²) in [6, 6.07) is 17.5. The third kappa shape index (κ3) is 4.07. The number of hydrogen-bond donors (Lipinski definition) is 1. The summed E-state index contributed by atoms with van der Waals surface area (Å²) in [5, 5.41) is 3.31. The summed E-state index contributed by atoms with van der Waals surface area (Å²) in [6.45, 7) is 2.95. The molecule has 0 aromatic heterocycles. The van der Waals surface area contributed by atoms with Crippen molar-refractivity contribution in [2.24, 2.45) is 0 Å². The quantitative estimate of drug-likeness (QED) is 0.842. The van der Waals surface area contributed by atoms with Crippen molar-refractivity contribution in [1.82, 2.24) is 10.2 Å². The third-order valence-corrected chi connectivity index (χ3v) is 6.29. The molecule has 4 heteroatoms. The molecule has 2 aromatic rings. The average Bonchev–Trinajstić information content (AvgIpc) is 2.69. The van der Waals surface area contributed by atoms with Gasteiger partial charge in [-0.3, -0.25) is 9.69 Å². The second-order valence-electron chi connectivity index (χ2n) is 8.23. The van der Waals surface area contributed by atoms with E-state index in [0.717, 1.165) is 36.3 Å². The van der Waals surface area contributed by atoms with E-state index in [1.54, 1.807) is 7.11 Å². The number of carbonyl (C=O) groups is 1. The van der Waals surface area contributed by atoms with Crippen LogP contribution in [0.1, 0.15) is 53.6 Å². The Kier molecular flexibility index (Phi) is 5.67. The first-order valence-corrected chi connectivity index (χ1v) is 10.4. The van der Waals surface area contributed by atoms with E-state index >= 15 is 0 Å². The molecule has 0 unspecified atom stereocenters. The van der Waals surface area contributed by atoms with Crippen molar-refractivity contribution in [3.8, 4) is 5.75 Å². The second kappa shape index (κ2) is 8.36. The van der Waals surface area contributed by atoms with Crippen LogP contribution in [0.25, 0.3) is 0 Å². The fourth-order valence-corrected chi connectivity index (χ4v) is 4.94. The molecular weight excluding hydrogens is 348 g/mol. The smallest absolute Gasteiger partial charge is 0.251 e. The Morgan fingerprint density at radius 1 is 1.11 bits per heavy atom. The average molecular weight is 379 g/mol. The predicted molar refractivity (Wildman–Crippen MR) is 112 cm³/mol. The van der Waals surface area contributed by atoms with Gasteiger partial charge in [0.1, 0.15) is 5.75 Å². The van der Waals surface area contributed by atoms with Crippen molar-refractivity contribution < 1.29 is 9.53 Å². The number of piperidine rings is 2. The molecule has 2 aliphatic heterocycles. The topological polar surface area (TPSA) is 41.6 Å². The third-order valence-electron chi connectivity index (χ3n) is 6.29. The van der Waals surface area contributed by atoms with E-state index in [4.69, 9.17) is 4.74 Å². The normalized spacial score (nSPS) is 24.6. The van der Waals surface area contributed by atoms with Crippen LogP contribution in [0, 0.1) is 6.92 Å². The Balaban J connectivity index is 1.44. The molecule has 28 heavy (non-hydrogen) atoms. The molecule has 4 rings (SSSR count). The maximum Gasteiger partial charge on any atom is 0.251 e. The van der Waals surface area contributed by atoms with E-state index in [2.05, 4.69) is 22.3 Å². The van der Waals surface area contributed by atoms with Gasteiger partial charge in [-0.25, -0.2) is 0 Å². The SMILES string of the molecule is COc1ccccc1CN1[C@@H]2CCC[C@@H]1CC(NC(=O)c1cccc(C)c1)C2. The zero-order valence-corrected chi connectivity index (χ0v) is 16.9. The van der Waals surface area contributed by atoms with Gasteiger partial charge < -0.3 is 10.1 Å². The number of hydrogen-bond acceptors (Lipinski definition) is 3. The van der Waals surface area contributed by atoms with Crippen LogP contribution in [0.4, 0.5) is 0 Å². The molecule has 1 amide bonds. The molecule has 0 saturated carbocycles. The fourth-order valence-electron chi connectivity index (χ4n) is 4.94. The second-order valence-corrected chi connectivity index (χ2v) is 8.23. The number of nitrogens with one attached hydrogen (secondary N) is 1. The van der Waals surface area contributed by atoms with Gasteiger partial charge in [-0.15, -0.1) is 0 Å². The number of carbonyl (C=O) groups excluding carboxylic acids is 1. The van der Waals surface area contributed by atoms with E-state index in [-0.39, 0.29) is 11.9 Å². The molecule has 2 aromatic carbocycles. The standard InChI is InChI=1S/C24H30N2O2/c1-17-7-5-9-18(13-17)24(27)25-20-14-21-10-6-11-22(15-20)26(21)16-19-8-3-4-12-23(19)28-2/h3-5,7-9,12-13,20-22H,6,10-11,14-16H2,1-2H3,(H,25,27)/t21-,22-/m1/s1. The lowest BCUT2D eigenvalue weighted by Gasteiger charge is -2.49. The zero-order chi connectivity index (χ0) is 19.5. The minimum atomic E-state index is 0.0601. The lowest BCUT2D eigenvalue weighted by Crippen LogP contribution is -2.56. The number of methoxy groups -OCH3 is 1. The number of aryl methyl sites for hydroxylation is 1. The van der Waals surface area contributed by atoms with Crippen molar-refractivity contribution in [1.29, 1.82) is 0 Å². The number of benzene rings is 2. The van der Waals surface area contributed by atoms with Gasteiger partial charge in [-0.2, -0.15) is 0 Å². The van der Waals surface area contributed by atoms with Gasteiger partial charge in [-0.1, -0.05) is 42.3 Å². The van der Waals surface area contributed by atoms with Gasteiger partial charge in [0.2, 0.25) is 0 Å². The van der Waals surface area contributed by atoms with Crippen LogP contribution >= 0.6 is 0 Å². The molecule has 1 N–H and O–H groups in total. The van der Waals surface area contributed by atoms with Crippen LogP contribution in [0.15, 0.2) is 48.5 Å². The number of fused-ring (bicyclic) bond motifs is 2. The molecule has 0 radical (unpaired) electrons. The molecule has 148 valence electrons. The van der Waals surface area contributed by atoms with Crippen molar-refractivity contribution in [3.63, 3.8) is 0 Å². The Hall–Kier alpha value is -2.33. The number of amides is 1. The monoisotopic (exact) mass is 378 g/mol. The van der Waals surface area contributed by atoms with E-state index < -0.39 is 0 Å². The lowest BCUT2D eigenvalue weighted by atomic mass is 9.81. The van der Waals surface area contributed by atoms with Gasteiger partial charge in [0.05, 0.1) is 7.11 Å². The lowest BCUT2D eigenvalue weighted by molar-refractivity contribution is 0.0172. The fraction of sp³-hybridized carbons (Fsp3) is 0.458. The van der Waals surface area contributed by atoms with Crippen LogP contribution in [-0.4, -0.2) is 36.0 Å². The number of ether oxygens (including phenoxy) is 1. The van der Waals surface area contributed by atoms with Gasteiger partial charge in [0.15, 0.2) is 0 Å². The molecule has 2 fully saturated rings. The highest BCUT2D eigenvalue weighted by Crippen LogP contribution is 2.36. The Morgan fingerprint density at radius 3 is 2.57 bits per heavy atom. The molecule has 2 aliphatic rings. The summed E-state index contributed by atoms with van der Waals surface area (Å²) in [7, 11) is 1.74. The molecule has 0 aliphatic carbocycles. The molecule has 2 saturated heterocycles. The van der Waals surface area contributed by atoms with Gasteiger partial charge in [-0.05, 0) is 50.8 Å². The van der Waals surface area contributed by atoms with Crippen LogP contribution in [0.3, 0.4) is 0 Å². The summed E-state index contributed by atoms with van der Waals surface area (Å²) in [5.41, 5.74) is 3.14. The maximum atomic E-state index is 12.7. The summed E-state index contributed by atoms with van der Waals surface area (Å²) < 4.78 is 5.56. The summed E-state index contributed by atoms with van der Waals surface area (Å²) in [6.07, 6.45) is 5.77. The summed E-state index contributed by atoms with van der Waals surface area (Å²) >= 11 is 0. The Labute approximate surface area is 167 Å². The van der Waals surface area contributed by atoms with Crippen LogP contribution < -0.4 is 10.1 Å². The first kappa shape index (κ1) is 19.0. The number of nitrogens with zero attached hydrogens (tertiary/aromatic N) is 1. The van der Waals surface area contributed by atoms with Crippen LogP contribution in [0.5, 0.6) is 5.75 Å². The van der Waals surface area contributed by atoms with Crippen LogP contribution in [0.2, 0.25) is 0 Å². The molecule has 2 atom stereocenters. The highest BCUT2D eigenvalue weighted by Gasteiger charge is 2.38. The van der Waals surface area contributed by atoms with Crippen LogP contribution in [-0.2, 0) is 6.54 Å². The highest BCUT2D eigenvalue weighted by molar-refractivity contribution is 5.94. The molecule has 4 nitrogen and oxygen atoms in total. The van der Waals surface area contributed by atoms with Gasteiger partial charge in [0, 0.05) is 35.8 Å². The van der Waals surface area contributed by atoms with Crippen molar-refractivity contribution in [2.75, 3.05) is 7.11 Å². The minimum Gasteiger partial charge on any atom is -0.496 e. The minimum absolute atomic E-state index is 0.0601. The van der Waals surface area contributed by atoms with Gasteiger partial charge >= 0.3 is 0 Å². The highest BCUT2D eigenvalue weighted by atomic mass is 16.5. The van der Waals surface area contributed by atoms with Crippen molar-refractivity contribution >= 4 is 5.91 Å². The summed E-state index contributed by atoms with van der Waals surface area (Å²) in [4.78, 5) is 15.3. The van der Waals surface area contributed by atoms with E-state index in [0.29, 0.717) is 12.1 Å². The Bertz CT molecular complexity index is 821. The van der Waals surface area contributed by atoms with E-state index in [1.165, 1.54) is 24.8 Å². The van der Waals surface area contributed by atoms with E-state index in [9.17, 15) is 4.79 Å². The zero-order valence-electron chi connectivity index (χ0n) is 16.9. The molecule has 0 spiro atoms. The summed E-state index contributed by atoms with van der Waals surface area (Å²) in [5.74, 6) is 1.03. The molecule has 2 bridgehead atoms. The number of para-hydroxylation sites is 1. The first-order valence-electron chi connectivity index (χ1n) is 10.4. The largest absolute Gasteiger partial charge is 0.496 e. The Morgan fingerprint density at radius 2 is 1.86 bits per heavy atom. The number of rotatable bonds is 5.